The second kappa shape index (κ2) is 8.40. The van der Waals surface area contributed by atoms with Crippen LogP contribution in [0.4, 0.5) is 0 Å². The summed E-state index contributed by atoms with van der Waals surface area (Å²) in [6.45, 7) is 9.34. The molecule has 4 aromatic rings. The molecule has 0 saturated heterocycles. The van der Waals surface area contributed by atoms with Crippen molar-refractivity contribution in [3.63, 3.8) is 0 Å². The van der Waals surface area contributed by atoms with Gasteiger partial charge in [0.25, 0.3) is 0 Å². The minimum atomic E-state index is -0.185. The second-order valence-electron chi connectivity index (χ2n) is 9.23. The van der Waals surface area contributed by atoms with E-state index in [1.54, 1.807) is 0 Å². The monoisotopic (exact) mass is 422 g/mol. The molecule has 0 aromatic heterocycles. The summed E-state index contributed by atoms with van der Waals surface area (Å²) in [7, 11) is 0. The van der Waals surface area contributed by atoms with Gasteiger partial charge in [-0.05, 0) is 39.4 Å². The zero-order valence-corrected chi connectivity index (χ0v) is 19.7. The van der Waals surface area contributed by atoms with Crippen LogP contribution in [0.1, 0.15) is 49.9 Å². The molecule has 0 amide bonds. The van der Waals surface area contributed by atoms with Crippen LogP contribution in [0.15, 0.2) is 108 Å². The van der Waals surface area contributed by atoms with E-state index in [9.17, 15) is 0 Å². The van der Waals surface area contributed by atoms with Crippen LogP contribution in [0.25, 0.3) is 11.1 Å². The first-order valence-electron chi connectivity index (χ1n) is 10.9. The number of rotatable bonds is 5. The molecule has 156 valence electrons. The van der Waals surface area contributed by atoms with Crippen molar-refractivity contribution in [2.75, 3.05) is 0 Å². The Balaban J connectivity index is 2.06. The fraction of sp³-hybridized carbons (Fsp3) is 0.200. The zero-order valence-electron chi connectivity index (χ0n) is 18.8. The van der Waals surface area contributed by atoms with Crippen LogP contribution in [0.2, 0.25) is 0 Å². The van der Waals surface area contributed by atoms with Crippen LogP contribution < -0.4 is 0 Å². The SMILES string of the molecule is CC(C)(c1ccccc1)c1cccc(-c2ccccc2S)c1C(C)(C)c1ccccc1. The molecule has 0 radical (unpaired) electrons. The number of hydrogen-bond acceptors (Lipinski definition) is 1. The van der Waals surface area contributed by atoms with Gasteiger partial charge in [-0.1, -0.05) is 125 Å². The molecule has 0 aliphatic heterocycles. The lowest BCUT2D eigenvalue weighted by Gasteiger charge is -2.37. The van der Waals surface area contributed by atoms with Crippen molar-refractivity contribution in [1.82, 2.24) is 0 Å². The van der Waals surface area contributed by atoms with E-state index >= 15 is 0 Å². The number of benzene rings is 4. The summed E-state index contributed by atoms with van der Waals surface area (Å²) < 4.78 is 0. The van der Waals surface area contributed by atoms with Crippen molar-refractivity contribution in [3.05, 3.63) is 125 Å². The van der Waals surface area contributed by atoms with E-state index in [1.165, 1.54) is 33.4 Å². The molecule has 0 aliphatic carbocycles. The van der Waals surface area contributed by atoms with Gasteiger partial charge in [0, 0.05) is 15.7 Å². The van der Waals surface area contributed by atoms with Gasteiger partial charge in [-0.2, -0.15) is 0 Å². The van der Waals surface area contributed by atoms with Crippen molar-refractivity contribution < 1.29 is 0 Å². The highest BCUT2D eigenvalue weighted by atomic mass is 32.1. The zero-order chi connectivity index (χ0) is 22.1. The molecule has 0 saturated carbocycles. The van der Waals surface area contributed by atoms with Crippen molar-refractivity contribution >= 4 is 12.6 Å². The van der Waals surface area contributed by atoms with Gasteiger partial charge < -0.3 is 0 Å². The average Bonchev–Trinajstić information content (AvgIpc) is 2.80. The molecular weight excluding hydrogens is 392 g/mol. The highest BCUT2D eigenvalue weighted by Crippen LogP contribution is 2.46. The van der Waals surface area contributed by atoms with Gasteiger partial charge in [-0.25, -0.2) is 0 Å². The predicted molar refractivity (Wildman–Crippen MR) is 136 cm³/mol. The maximum atomic E-state index is 4.82. The minimum Gasteiger partial charge on any atom is -0.143 e. The fourth-order valence-electron chi connectivity index (χ4n) is 4.68. The van der Waals surface area contributed by atoms with Gasteiger partial charge in [0.15, 0.2) is 0 Å². The molecule has 0 atom stereocenters. The van der Waals surface area contributed by atoms with Crippen LogP contribution in [0.5, 0.6) is 0 Å². The second-order valence-corrected chi connectivity index (χ2v) is 9.71. The van der Waals surface area contributed by atoms with Crippen LogP contribution in [-0.2, 0) is 10.8 Å². The van der Waals surface area contributed by atoms with Gasteiger partial charge >= 0.3 is 0 Å². The maximum absolute atomic E-state index is 4.82. The van der Waals surface area contributed by atoms with Crippen LogP contribution in [0, 0.1) is 0 Å². The minimum absolute atomic E-state index is 0.149. The lowest BCUT2D eigenvalue weighted by Crippen LogP contribution is -2.29. The third kappa shape index (κ3) is 3.95. The molecule has 0 heterocycles. The topological polar surface area (TPSA) is 0 Å². The van der Waals surface area contributed by atoms with E-state index in [2.05, 4.69) is 125 Å². The number of thiol groups is 1. The molecule has 0 spiro atoms. The Morgan fingerprint density at radius 2 is 0.968 bits per heavy atom. The first kappa shape index (κ1) is 21.5. The van der Waals surface area contributed by atoms with Crippen molar-refractivity contribution in [2.24, 2.45) is 0 Å². The van der Waals surface area contributed by atoms with Crippen LogP contribution in [-0.4, -0.2) is 0 Å². The smallest absolute Gasteiger partial charge is 0.0155 e. The van der Waals surface area contributed by atoms with E-state index in [1.807, 2.05) is 6.07 Å². The molecule has 4 rings (SSSR count). The Bertz CT molecular complexity index is 1170. The average molecular weight is 423 g/mol. The van der Waals surface area contributed by atoms with Gasteiger partial charge in [0.05, 0.1) is 0 Å². The normalized spacial score (nSPS) is 12.0. The molecule has 0 N–H and O–H groups in total. The molecule has 0 aliphatic rings. The Labute approximate surface area is 192 Å². The summed E-state index contributed by atoms with van der Waals surface area (Å²) in [6, 6.07) is 36.8. The van der Waals surface area contributed by atoms with Crippen LogP contribution in [0.3, 0.4) is 0 Å². The Morgan fingerprint density at radius 1 is 0.484 bits per heavy atom. The predicted octanol–water partition coefficient (Wildman–Crippen LogP) is 8.29. The van der Waals surface area contributed by atoms with E-state index in [0.717, 1.165) is 4.90 Å². The summed E-state index contributed by atoms with van der Waals surface area (Å²) in [4.78, 5) is 1.00. The molecule has 4 aromatic carbocycles. The molecule has 0 unspecified atom stereocenters. The first-order chi connectivity index (χ1) is 14.8. The highest BCUT2D eigenvalue weighted by Gasteiger charge is 2.35. The third-order valence-corrected chi connectivity index (χ3v) is 6.94. The van der Waals surface area contributed by atoms with Gasteiger partial charge in [0.1, 0.15) is 0 Å². The van der Waals surface area contributed by atoms with E-state index in [-0.39, 0.29) is 10.8 Å². The Morgan fingerprint density at radius 3 is 1.55 bits per heavy atom. The standard InChI is InChI=1S/C30H30S/c1-29(2,22-14-7-5-8-15-22)26-20-13-19-25(24-18-11-12-21-27(24)31)28(26)30(3,4)23-16-9-6-10-17-23/h5-21,31H,1-4H3. The fourth-order valence-corrected chi connectivity index (χ4v) is 4.96. The summed E-state index contributed by atoms with van der Waals surface area (Å²) in [5.74, 6) is 0. The van der Waals surface area contributed by atoms with Crippen molar-refractivity contribution in [2.45, 2.75) is 43.4 Å². The Hall–Kier alpha value is -2.77. The molecule has 0 fully saturated rings. The molecule has 1 heteroatoms. The van der Waals surface area contributed by atoms with Crippen molar-refractivity contribution in [3.8, 4) is 11.1 Å². The van der Waals surface area contributed by atoms with Crippen molar-refractivity contribution in [1.29, 1.82) is 0 Å². The summed E-state index contributed by atoms with van der Waals surface area (Å²) in [5.41, 5.74) is 7.43. The molecular formula is C30H30S. The molecule has 0 bridgehead atoms. The van der Waals surface area contributed by atoms with Crippen LogP contribution >= 0.6 is 12.6 Å². The third-order valence-electron chi connectivity index (χ3n) is 6.55. The van der Waals surface area contributed by atoms with Gasteiger partial charge in [0.2, 0.25) is 0 Å². The molecule has 31 heavy (non-hydrogen) atoms. The maximum Gasteiger partial charge on any atom is 0.0155 e. The number of hydrogen-bond donors (Lipinski definition) is 1. The van der Waals surface area contributed by atoms with E-state index in [0.29, 0.717) is 0 Å². The quantitative estimate of drug-likeness (QED) is 0.307. The first-order valence-corrected chi connectivity index (χ1v) is 11.3. The summed E-state index contributed by atoms with van der Waals surface area (Å²) in [6.07, 6.45) is 0. The van der Waals surface area contributed by atoms with Gasteiger partial charge in [-0.3, -0.25) is 0 Å². The lowest BCUT2D eigenvalue weighted by molar-refractivity contribution is 0.580. The van der Waals surface area contributed by atoms with E-state index < -0.39 is 0 Å². The largest absolute Gasteiger partial charge is 0.143 e. The Kier molecular flexibility index (Phi) is 5.81. The summed E-state index contributed by atoms with van der Waals surface area (Å²) >= 11 is 4.82. The summed E-state index contributed by atoms with van der Waals surface area (Å²) in [5, 5.41) is 0. The van der Waals surface area contributed by atoms with Gasteiger partial charge in [-0.15, -0.1) is 12.6 Å². The highest BCUT2D eigenvalue weighted by molar-refractivity contribution is 7.80. The van der Waals surface area contributed by atoms with E-state index in [4.69, 9.17) is 12.6 Å². The lowest BCUT2D eigenvalue weighted by atomic mass is 9.66. The molecule has 0 nitrogen and oxygen atoms in total.